The summed E-state index contributed by atoms with van der Waals surface area (Å²) in [5, 5.41) is 0. The molecule has 36 valence electrons. The fourth-order valence-corrected chi connectivity index (χ4v) is 0.167. The Labute approximate surface area is 38.8 Å². The number of hydrogen-bond donors (Lipinski definition) is 0. The van der Waals surface area contributed by atoms with Gasteiger partial charge in [0.15, 0.2) is 0 Å². The Kier molecular flexibility index (Phi) is 4.97. The van der Waals surface area contributed by atoms with E-state index in [1.54, 1.807) is 0 Å². The first-order valence-corrected chi connectivity index (χ1v) is 2.07. The third kappa shape index (κ3) is 3.98. The summed E-state index contributed by atoms with van der Waals surface area (Å²) in [6.07, 6.45) is 1.01. The molecule has 0 unspecified atom stereocenters. The predicted octanol–water partition coefficient (Wildman–Crippen LogP) is -0.107. The summed E-state index contributed by atoms with van der Waals surface area (Å²) in [7, 11) is 1.51. The summed E-state index contributed by atoms with van der Waals surface area (Å²) in [6, 6.07) is 0. The van der Waals surface area contributed by atoms with Crippen molar-refractivity contribution in [3.63, 3.8) is 0 Å². The molecule has 0 fully saturated rings. The summed E-state index contributed by atoms with van der Waals surface area (Å²) in [5.41, 5.74) is 0. The Bertz CT molecular complexity index is 20.8. The SMILES string of the molecule is BOOCCC. The average molecular weight is 87.9 g/mol. The van der Waals surface area contributed by atoms with E-state index in [0.29, 0.717) is 6.61 Å². The molecule has 0 radical (unpaired) electrons. The summed E-state index contributed by atoms with van der Waals surface area (Å²) in [5.74, 6) is 0. The van der Waals surface area contributed by atoms with Gasteiger partial charge in [0.1, 0.15) is 0 Å². The standard InChI is InChI=1S/C3H9BO2/c1-2-3-5-6-4/h2-4H2,1H3. The van der Waals surface area contributed by atoms with Gasteiger partial charge < -0.3 is 4.81 Å². The number of rotatable bonds is 3. The molecule has 0 atom stereocenters. The number of hydrogen-bond acceptors (Lipinski definition) is 2. The second-order valence-corrected chi connectivity index (χ2v) is 0.989. The summed E-state index contributed by atoms with van der Waals surface area (Å²) < 4.78 is 0. The van der Waals surface area contributed by atoms with Gasteiger partial charge in [-0.1, -0.05) is 6.92 Å². The van der Waals surface area contributed by atoms with Gasteiger partial charge in [-0.25, -0.2) is 0 Å². The molecule has 0 spiro atoms. The van der Waals surface area contributed by atoms with Crippen molar-refractivity contribution in [2.45, 2.75) is 13.3 Å². The third-order valence-corrected chi connectivity index (χ3v) is 0.405. The molecule has 6 heavy (non-hydrogen) atoms. The van der Waals surface area contributed by atoms with Crippen molar-refractivity contribution in [3.8, 4) is 0 Å². The van der Waals surface area contributed by atoms with E-state index in [2.05, 4.69) is 9.69 Å². The van der Waals surface area contributed by atoms with Gasteiger partial charge in [-0.3, -0.25) is 4.89 Å². The van der Waals surface area contributed by atoms with E-state index in [1.807, 2.05) is 6.92 Å². The Balaban J connectivity index is 2.34. The van der Waals surface area contributed by atoms with E-state index in [-0.39, 0.29) is 0 Å². The molecule has 0 aromatic rings. The van der Waals surface area contributed by atoms with Crippen LogP contribution in [0.5, 0.6) is 0 Å². The Hall–Kier alpha value is -0.0151. The van der Waals surface area contributed by atoms with Crippen LogP contribution in [0.25, 0.3) is 0 Å². The van der Waals surface area contributed by atoms with Gasteiger partial charge in [0.05, 0.1) is 6.61 Å². The molecule has 0 aromatic heterocycles. The Morgan fingerprint density at radius 3 is 2.50 bits per heavy atom. The van der Waals surface area contributed by atoms with E-state index in [1.165, 1.54) is 8.05 Å². The molecular weight excluding hydrogens is 78.8 g/mol. The lowest BCUT2D eigenvalue weighted by Gasteiger charge is -1.92. The minimum atomic E-state index is 0.691. The van der Waals surface area contributed by atoms with Gasteiger partial charge in [0.25, 0.3) is 0 Å². The van der Waals surface area contributed by atoms with Crippen molar-refractivity contribution in [2.24, 2.45) is 0 Å². The molecule has 0 heterocycles. The van der Waals surface area contributed by atoms with Crippen molar-refractivity contribution < 1.29 is 9.69 Å². The van der Waals surface area contributed by atoms with Gasteiger partial charge in [0, 0.05) is 0 Å². The highest BCUT2D eigenvalue weighted by Gasteiger charge is 1.73. The van der Waals surface area contributed by atoms with Crippen LogP contribution < -0.4 is 0 Å². The van der Waals surface area contributed by atoms with Gasteiger partial charge >= 0.3 is 8.05 Å². The van der Waals surface area contributed by atoms with E-state index < -0.39 is 0 Å². The second-order valence-electron chi connectivity index (χ2n) is 0.989. The first kappa shape index (κ1) is 5.98. The summed E-state index contributed by atoms with van der Waals surface area (Å²) >= 11 is 0. The largest absolute Gasteiger partial charge is 0.315 e. The maximum atomic E-state index is 4.48. The normalized spacial score (nSPS) is 8.83. The molecule has 0 aliphatic heterocycles. The maximum absolute atomic E-state index is 4.48. The zero-order valence-electron chi connectivity index (χ0n) is 4.23. The summed E-state index contributed by atoms with van der Waals surface area (Å²) in [4.78, 5) is 8.76. The fraction of sp³-hybridized carbons (Fsp3) is 1.00. The zero-order chi connectivity index (χ0) is 4.83. The van der Waals surface area contributed by atoms with E-state index >= 15 is 0 Å². The lowest BCUT2D eigenvalue weighted by molar-refractivity contribution is -0.203. The highest BCUT2D eigenvalue weighted by Crippen LogP contribution is 1.75. The molecule has 0 aliphatic rings. The van der Waals surface area contributed by atoms with E-state index in [9.17, 15) is 0 Å². The van der Waals surface area contributed by atoms with Crippen molar-refractivity contribution >= 4 is 8.05 Å². The maximum Gasteiger partial charge on any atom is 0.306 e. The first-order valence-electron chi connectivity index (χ1n) is 2.07. The van der Waals surface area contributed by atoms with Crippen LogP contribution in [0.15, 0.2) is 0 Å². The van der Waals surface area contributed by atoms with Crippen LogP contribution in [0.2, 0.25) is 0 Å². The lowest BCUT2D eigenvalue weighted by Crippen LogP contribution is -1.89. The molecule has 3 heteroatoms. The Morgan fingerprint density at radius 2 is 2.33 bits per heavy atom. The van der Waals surface area contributed by atoms with Gasteiger partial charge in [-0.05, 0) is 6.42 Å². The van der Waals surface area contributed by atoms with Crippen LogP contribution in [0.4, 0.5) is 0 Å². The average Bonchev–Trinajstić information content (AvgIpc) is 1.61. The molecular formula is C3H9BO2. The monoisotopic (exact) mass is 88.1 g/mol. The fourth-order valence-electron chi connectivity index (χ4n) is 0.167. The molecule has 0 bridgehead atoms. The summed E-state index contributed by atoms with van der Waals surface area (Å²) in [6.45, 7) is 2.72. The molecule has 0 N–H and O–H groups in total. The predicted molar refractivity (Wildman–Crippen MR) is 25.9 cm³/mol. The second kappa shape index (κ2) is 4.98. The quantitative estimate of drug-likeness (QED) is 0.207. The molecule has 0 aromatic carbocycles. The van der Waals surface area contributed by atoms with Gasteiger partial charge in [0.2, 0.25) is 0 Å². The van der Waals surface area contributed by atoms with E-state index in [0.717, 1.165) is 6.42 Å². The van der Waals surface area contributed by atoms with Crippen LogP contribution >= 0.6 is 0 Å². The minimum Gasteiger partial charge on any atom is -0.315 e. The smallest absolute Gasteiger partial charge is 0.306 e. The van der Waals surface area contributed by atoms with E-state index in [4.69, 9.17) is 0 Å². The van der Waals surface area contributed by atoms with Crippen molar-refractivity contribution in [2.75, 3.05) is 6.61 Å². The van der Waals surface area contributed by atoms with Crippen molar-refractivity contribution in [1.82, 2.24) is 0 Å². The van der Waals surface area contributed by atoms with Crippen LogP contribution in [-0.2, 0) is 9.69 Å². The van der Waals surface area contributed by atoms with Crippen LogP contribution in [0, 0.1) is 0 Å². The first-order chi connectivity index (χ1) is 2.91. The topological polar surface area (TPSA) is 18.5 Å². The third-order valence-electron chi connectivity index (χ3n) is 0.405. The molecule has 0 amide bonds. The molecule has 0 rings (SSSR count). The molecule has 0 saturated carbocycles. The van der Waals surface area contributed by atoms with Crippen LogP contribution in [0.3, 0.4) is 0 Å². The zero-order valence-corrected chi connectivity index (χ0v) is 4.23. The van der Waals surface area contributed by atoms with Crippen LogP contribution in [0.1, 0.15) is 13.3 Å². The van der Waals surface area contributed by atoms with Crippen molar-refractivity contribution in [3.05, 3.63) is 0 Å². The highest BCUT2D eigenvalue weighted by molar-refractivity contribution is 5.97. The van der Waals surface area contributed by atoms with Crippen LogP contribution in [-0.4, -0.2) is 14.7 Å². The molecule has 0 aliphatic carbocycles. The van der Waals surface area contributed by atoms with Crippen molar-refractivity contribution in [1.29, 1.82) is 0 Å². The molecule has 2 nitrogen and oxygen atoms in total. The lowest BCUT2D eigenvalue weighted by atomic mass is 10.5. The minimum absolute atomic E-state index is 0.691. The van der Waals surface area contributed by atoms with Gasteiger partial charge in [-0.2, -0.15) is 0 Å². The Morgan fingerprint density at radius 1 is 1.67 bits per heavy atom. The van der Waals surface area contributed by atoms with Gasteiger partial charge in [-0.15, -0.1) is 0 Å². The highest BCUT2D eigenvalue weighted by atomic mass is 17.2. The molecule has 0 saturated heterocycles.